The van der Waals surface area contributed by atoms with Gasteiger partial charge in [-0.3, -0.25) is 13.9 Å². The monoisotopic (exact) mass is 463 g/mol. The molecule has 3 heterocycles. The lowest BCUT2D eigenvalue weighted by Gasteiger charge is -2.39. The molecule has 0 amide bonds. The van der Waals surface area contributed by atoms with Crippen molar-refractivity contribution in [3.8, 4) is 11.3 Å². The minimum atomic E-state index is -0.522. The Morgan fingerprint density at radius 2 is 1.67 bits per heavy atom. The van der Waals surface area contributed by atoms with E-state index in [2.05, 4.69) is 18.4 Å². The van der Waals surface area contributed by atoms with Gasteiger partial charge in [-0.2, -0.15) is 0 Å². The van der Waals surface area contributed by atoms with Crippen molar-refractivity contribution >= 4 is 22.5 Å². The van der Waals surface area contributed by atoms with Crippen molar-refractivity contribution in [2.24, 2.45) is 14.1 Å². The van der Waals surface area contributed by atoms with Gasteiger partial charge in [0, 0.05) is 24.7 Å². The standard InChI is InChI=1S/C26H26ClN3O3/c1-15-10-12-16(13-11-15)20-19-21(28(4)25(32)29(5)24(19)31)22-23(17-8-6-7-9-18(17)27)33-14-26(2,3)30(20)22/h6-13,23H,14H2,1-5H3/t23-/m1/s1. The van der Waals surface area contributed by atoms with Gasteiger partial charge in [-0.05, 0) is 32.4 Å². The van der Waals surface area contributed by atoms with E-state index in [1.165, 1.54) is 11.6 Å². The summed E-state index contributed by atoms with van der Waals surface area (Å²) in [7, 11) is 3.22. The molecule has 0 saturated heterocycles. The van der Waals surface area contributed by atoms with Gasteiger partial charge < -0.3 is 9.30 Å². The molecule has 4 aromatic rings. The Bertz CT molecular complexity index is 1520. The predicted octanol–water partition coefficient (Wildman–Crippen LogP) is 4.52. The quantitative estimate of drug-likeness (QED) is 0.439. The van der Waals surface area contributed by atoms with Crippen LogP contribution in [-0.2, 0) is 24.4 Å². The first kappa shape index (κ1) is 21.7. The first-order chi connectivity index (χ1) is 15.6. The van der Waals surface area contributed by atoms with E-state index in [1.807, 2.05) is 55.5 Å². The highest BCUT2D eigenvalue weighted by Crippen LogP contribution is 2.46. The molecule has 1 atom stereocenters. The zero-order valence-corrected chi connectivity index (χ0v) is 20.1. The highest BCUT2D eigenvalue weighted by Gasteiger charge is 2.41. The van der Waals surface area contributed by atoms with Crippen molar-refractivity contribution in [2.45, 2.75) is 32.4 Å². The maximum atomic E-state index is 13.6. The Balaban J connectivity index is 2.03. The van der Waals surface area contributed by atoms with Crippen LogP contribution in [0.5, 0.6) is 0 Å². The number of hydrogen-bond acceptors (Lipinski definition) is 3. The Morgan fingerprint density at radius 1 is 1.00 bits per heavy atom. The number of hydrogen-bond donors (Lipinski definition) is 0. The van der Waals surface area contributed by atoms with Crippen LogP contribution in [0.15, 0.2) is 58.1 Å². The largest absolute Gasteiger partial charge is 0.365 e. The van der Waals surface area contributed by atoms with Crippen molar-refractivity contribution in [1.29, 1.82) is 0 Å². The Labute approximate surface area is 196 Å². The topological polar surface area (TPSA) is 58.2 Å². The Kier molecular flexibility index (Phi) is 4.92. The molecule has 5 rings (SSSR count). The SMILES string of the molecule is Cc1ccc(-c2c3c(=O)n(C)c(=O)n(C)c3c3n2C(C)(C)CO[C@@H]3c2ccccc2Cl)cc1. The Hall–Kier alpha value is -3.09. The van der Waals surface area contributed by atoms with Crippen LogP contribution < -0.4 is 11.2 Å². The van der Waals surface area contributed by atoms with E-state index < -0.39 is 11.6 Å². The van der Waals surface area contributed by atoms with Gasteiger partial charge in [0.15, 0.2) is 0 Å². The molecule has 1 aliphatic heterocycles. The number of benzene rings is 2. The second-order valence-corrected chi connectivity index (χ2v) is 9.80. The average Bonchev–Trinajstić information content (AvgIpc) is 3.15. The molecule has 7 heteroatoms. The molecule has 0 radical (unpaired) electrons. The lowest BCUT2D eigenvalue weighted by atomic mass is 9.98. The van der Waals surface area contributed by atoms with E-state index in [9.17, 15) is 9.59 Å². The molecule has 0 saturated carbocycles. The predicted molar refractivity (Wildman–Crippen MR) is 131 cm³/mol. The van der Waals surface area contributed by atoms with Crippen LogP contribution in [0.2, 0.25) is 5.02 Å². The second-order valence-electron chi connectivity index (χ2n) is 9.39. The lowest BCUT2D eigenvalue weighted by molar-refractivity contribution is -0.00702. The third kappa shape index (κ3) is 3.12. The van der Waals surface area contributed by atoms with E-state index in [-0.39, 0.29) is 11.2 Å². The molecule has 2 aromatic carbocycles. The maximum absolute atomic E-state index is 13.6. The fourth-order valence-electron chi connectivity index (χ4n) is 4.91. The normalized spacial score (nSPS) is 17.3. The van der Waals surface area contributed by atoms with Gasteiger partial charge in [-0.15, -0.1) is 0 Å². The molecule has 1 aliphatic rings. The molecule has 0 spiro atoms. The summed E-state index contributed by atoms with van der Waals surface area (Å²) in [6.07, 6.45) is -0.522. The second kappa shape index (κ2) is 7.47. The van der Waals surface area contributed by atoms with Gasteiger partial charge >= 0.3 is 5.69 Å². The van der Waals surface area contributed by atoms with Crippen molar-refractivity contribution in [3.05, 3.63) is 91.2 Å². The molecule has 2 aromatic heterocycles. The van der Waals surface area contributed by atoms with Crippen LogP contribution in [-0.4, -0.2) is 20.3 Å². The zero-order chi connectivity index (χ0) is 23.7. The van der Waals surface area contributed by atoms with Gasteiger partial charge in [-0.1, -0.05) is 59.6 Å². The lowest BCUT2D eigenvalue weighted by Crippen LogP contribution is -2.40. The zero-order valence-electron chi connectivity index (χ0n) is 19.3. The third-order valence-electron chi connectivity index (χ3n) is 6.58. The molecule has 33 heavy (non-hydrogen) atoms. The number of aryl methyl sites for hydroxylation is 2. The molecule has 0 N–H and O–H groups in total. The first-order valence-corrected chi connectivity index (χ1v) is 11.3. The fraction of sp³-hybridized carbons (Fsp3) is 0.308. The average molecular weight is 464 g/mol. The van der Waals surface area contributed by atoms with Crippen LogP contribution in [0, 0.1) is 6.92 Å². The Morgan fingerprint density at radius 3 is 2.33 bits per heavy atom. The number of rotatable bonds is 2. The summed E-state index contributed by atoms with van der Waals surface area (Å²) in [5.41, 5.74) is 3.83. The molecule has 0 unspecified atom stereocenters. The summed E-state index contributed by atoms with van der Waals surface area (Å²) in [4.78, 5) is 26.6. The molecular formula is C26H26ClN3O3. The van der Waals surface area contributed by atoms with Crippen molar-refractivity contribution in [1.82, 2.24) is 13.7 Å². The van der Waals surface area contributed by atoms with E-state index >= 15 is 0 Å². The van der Waals surface area contributed by atoms with Crippen LogP contribution in [0.3, 0.4) is 0 Å². The number of ether oxygens (including phenoxy) is 1. The number of aromatic nitrogens is 3. The van der Waals surface area contributed by atoms with Gasteiger partial charge in [0.1, 0.15) is 6.10 Å². The van der Waals surface area contributed by atoms with E-state index in [0.29, 0.717) is 22.5 Å². The van der Waals surface area contributed by atoms with E-state index in [4.69, 9.17) is 16.3 Å². The summed E-state index contributed by atoms with van der Waals surface area (Å²) < 4.78 is 11.3. The molecule has 0 bridgehead atoms. The van der Waals surface area contributed by atoms with Gasteiger partial charge in [0.2, 0.25) is 0 Å². The smallest absolute Gasteiger partial charge is 0.331 e. The summed E-state index contributed by atoms with van der Waals surface area (Å²) in [6, 6.07) is 15.7. The van der Waals surface area contributed by atoms with Crippen molar-refractivity contribution in [3.63, 3.8) is 0 Å². The van der Waals surface area contributed by atoms with Crippen molar-refractivity contribution in [2.75, 3.05) is 6.61 Å². The molecule has 0 fully saturated rings. The van der Waals surface area contributed by atoms with Crippen LogP contribution in [0.4, 0.5) is 0 Å². The van der Waals surface area contributed by atoms with Crippen LogP contribution in [0.25, 0.3) is 22.2 Å². The maximum Gasteiger partial charge on any atom is 0.331 e. The molecule has 0 aliphatic carbocycles. The summed E-state index contributed by atoms with van der Waals surface area (Å²) in [5.74, 6) is 0. The third-order valence-corrected chi connectivity index (χ3v) is 6.92. The summed E-state index contributed by atoms with van der Waals surface area (Å²) in [6.45, 7) is 6.62. The van der Waals surface area contributed by atoms with Crippen molar-refractivity contribution < 1.29 is 4.74 Å². The summed E-state index contributed by atoms with van der Waals surface area (Å²) in [5, 5.41) is 1.09. The number of fused-ring (bicyclic) bond motifs is 3. The van der Waals surface area contributed by atoms with Gasteiger partial charge in [0.05, 0.1) is 34.4 Å². The molecule has 6 nitrogen and oxygen atoms in total. The van der Waals surface area contributed by atoms with Crippen LogP contribution in [0.1, 0.15) is 36.8 Å². The number of halogens is 1. The highest BCUT2D eigenvalue weighted by molar-refractivity contribution is 6.31. The van der Waals surface area contributed by atoms with Gasteiger partial charge in [0.25, 0.3) is 5.56 Å². The van der Waals surface area contributed by atoms with Crippen LogP contribution >= 0.6 is 11.6 Å². The molecular weight excluding hydrogens is 438 g/mol. The van der Waals surface area contributed by atoms with E-state index in [0.717, 1.165) is 28.1 Å². The molecule has 170 valence electrons. The minimum Gasteiger partial charge on any atom is -0.365 e. The highest BCUT2D eigenvalue weighted by atomic mass is 35.5. The summed E-state index contributed by atoms with van der Waals surface area (Å²) >= 11 is 6.59. The van der Waals surface area contributed by atoms with E-state index in [1.54, 1.807) is 11.6 Å². The number of nitrogens with zero attached hydrogens (tertiary/aromatic N) is 3. The van der Waals surface area contributed by atoms with Gasteiger partial charge in [-0.25, -0.2) is 4.79 Å². The first-order valence-electron chi connectivity index (χ1n) is 10.9. The minimum absolute atomic E-state index is 0.320. The fourth-order valence-corrected chi connectivity index (χ4v) is 5.14.